The molecule has 1 atom stereocenters. The van der Waals surface area contributed by atoms with E-state index in [0.29, 0.717) is 10.0 Å². The topological polar surface area (TPSA) is 24.9 Å². The fraction of sp³-hybridized carbons (Fsp3) is 0.357. The highest BCUT2D eigenvalue weighted by atomic mass is 35.5. The summed E-state index contributed by atoms with van der Waals surface area (Å²) in [6, 6.07) is 5.78. The standard InChI is InChI=1S/C14H16Cl2N2S/c1-3-14-18-8-11(19-14)7-17-9(2)12-5-4-10(15)6-13(12)16/h4-6,8-9,17H,3,7H2,1-2H3. The smallest absolute Gasteiger partial charge is 0.0925 e. The van der Waals surface area contributed by atoms with Crippen LogP contribution in [0.5, 0.6) is 0 Å². The number of benzene rings is 1. The summed E-state index contributed by atoms with van der Waals surface area (Å²) in [5.74, 6) is 0. The minimum absolute atomic E-state index is 0.178. The van der Waals surface area contributed by atoms with Crippen LogP contribution in [-0.2, 0) is 13.0 Å². The first kappa shape index (κ1) is 14.8. The van der Waals surface area contributed by atoms with E-state index < -0.39 is 0 Å². The molecule has 1 aromatic heterocycles. The molecule has 5 heteroatoms. The monoisotopic (exact) mass is 314 g/mol. The molecule has 2 aromatic rings. The number of hydrogen-bond acceptors (Lipinski definition) is 3. The summed E-state index contributed by atoms with van der Waals surface area (Å²) in [6.07, 6.45) is 2.93. The number of thiazole rings is 1. The van der Waals surface area contributed by atoms with Crippen molar-refractivity contribution in [3.63, 3.8) is 0 Å². The van der Waals surface area contributed by atoms with Crippen molar-refractivity contribution >= 4 is 34.5 Å². The predicted octanol–water partition coefficient (Wildman–Crippen LogP) is 4.86. The summed E-state index contributed by atoms with van der Waals surface area (Å²) in [5, 5.41) is 5.99. The molecule has 0 bridgehead atoms. The number of halogens is 2. The Balaban J connectivity index is 1.98. The van der Waals surface area contributed by atoms with Crippen LogP contribution in [0.4, 0.5) is 0 Å². The Bertz CT molecular complexity index is 554. The second kappa shape index (κ2) is 6.71. The zero-order valence-corrected chi connectivity index (χ0v) is 13.2. The van der Waals surface area contributed by atoms with Crippen molar-refractivity contribution < 1.29 is 0 Å². The molecule has 0 saturated heterocycles. The predicted molar refractivity (Wildman–Crippen MR) is 83.2 cm³/mol. The molecule has 0 aliphatic rings. The molecular weight excluding hydrogens is 299 g/mol. The van der Waals surface area contributed by atoms with Gasteiger partial charge in [0.2, 0.25) is 0 Å². The maximum Gasteiger partial charge on any atom is 0.0925 e. The Hall–Kier alpha value is -0.610. The lowest BCUT2D eigenvalue weighted by molar-refractivity contribution is 0.578. The van der Waals surface area contributed by atoms with Gasteiger partial charge in [0.15, 0.2) is 0 Å². The molecule has 0 amide bonds. The minimum Gasteiger partial charge on any atom is -0.305 e. The lowest BCUT2D eigenvalue weighted by Crippen LogP contribution is -2.17. The van der Waals surface area contributed by atoms with Crippen molar-refractivity contribution in [3.05, 3.63) is 49.9 Å². The lowest BCUT2D eigenvalue weighted by atomic mass is 10.1. The Morgan fingerprint density at radius 2 is 2.16 bits per heavy atom. The van der Waals surface area contributed by atoms with E-state index in [2.05, 4.69) is 24.1 Å². The first-order valence-electron chi connectivity index (χ1n) is 6.22. The summed E-state index contributed by atoms with van der Waals surface area (Å²) in [4.78, 5) is 5.59. The molecule has 102 valence electrons. The van der Waals surface area contributed by atoms with Gasteiger partial charge in [0.1, 0.15) is 0 Å². The van der Waals surface area contributed by atoms with E-state index in [1.54, 1.807) is 17.4 Å². The van der Waals surface area contributed by atoms with Gasteiger partial charge in [-0.3, -0.25) is 0 Å². The van der Waals surface area contributed by atoms with Crippen molar-refractivity contribution in [2.24, 2.45) is 0 Å². The van der Waals surface area contributed by atoms with Crippen molar-refractivity contribution in [1.29, 1.82) is 0 Å². The van der Waals surface area contributed by atoms with E-state index in [1.165, 1.54) is 9.88 Å². The fourth-order valence-electron chi connectivity index (χ4n) is 1.81. The molecule has 0 spiro atoms. The van der Waals surface area contributed by atoms with E-state index in [0.717, 1.165) is 18.5 Å². The van der Waals surface area contributed by atoms with Gasteiger partial charge in [0, 0.05) is 33.7 Å². The van der Waals surface area contributed by atoms with Crippen molar-refractivity contribution in [2.75, 3.05) is 0 Å². The van der Waals surface area contributed by atoms with E-state index in [1.807, 2.05) is 18.3 Å². The molecule has 0 radical (unpaired) electrons. The second-order valence-corrected chi connectivity index (χ2v) is 6.39. The number of rotatable bonds is 5. The van der Waals surface area contributed by atoms with Gasteiger partial charge in [-0.2, -0.15) is 0 Å². The summed E-state index contributed by atoms with van der Waals surface area (Å²) in [5.41, 5.74) is 1.06. The first-order chi connectivity index (χ1) is 9.10. The fourth-order valence-corrected chi connectivity index (χ4v) is 3.19. The Kier molecular flexibility index (Phi) is 5.22. The highest BCUT2D eigenvalue weighted by molar-refractivity contribution is 7.11. The molecule has 0 fully saturated rings. The maximum absolute atomic E-state index is 6.20. The van der Waals surface area contributed by atoms with Crippen LogP contribution in [0.2, 0.25) is 10.0 Å². The van der Waals surface area contributed by atoms with Crippen molar-refractivity contribution in [1.82, 2.24) is 10.3 Å². The molecule has 1 N–H and O–H groups in total. The van der Waals surface area contributed by atoms with Gasteiger partial charge in [0.05, 0.1) is 5.01 Å². The van der Waals surface area contributed by atoms with Gasteiger partial charge >= 0.3 is 0 Å². The maximum atomic E-state index is 6.20. The van der Waals surface area contributed by atoms with Crippen LogP contribution in [0.25, 0.3) is 0 Å². The normalized spacial score (nSPS) is 12.6. The van der Waals surface area contributed by atoms with Crippen molar-refractivity contribution in [3.8, 4) is 0 Å². The molecule has 2 rings (SSSR count). The van der Waals surface area contributed by atoms with Crippen LogP contribution >= 0.6 is 34.5 Å². The molecule has 0 aliphatic heterocycles. The van der Waals surface area contributed by atoms with E-state index in [4.69, 9.17) is 23.2 Å². The van der Waals surface area contributed by atoms with Crippen LogP contribution in [0.1, 0.15) is 35.3 Å². The van der Waals surface area contributed by atoms with Gasteiger partial charge in [-0.1, -0.05) is 36.2 Å². The molecule has 1 aromatic carbocycles. The number of nitrogens with one attached hydrogen (secondary N) is 1. The third-order valence-corrected chi connectivity index (χ3v) is 4.62. The van der Waals surface area contributed by atoms with Crippen LogP contribution in [0.15, 0.2) is 24.4 Å². The highest BCUT2D eigenvalue weighted by Crippen LogP contribution is 2.26. The molecule has 2 nitrogen and oxygen atoms in total. The van der Waals surface area contributed by atoms with Crippen LogP contribution < -0.4 is 5.32 Å². The summed E-state index contributed by atoms with van der Waals surface area (Å²) >= 11 is 13.8. The summed E-state index contributed by atoms with van der Waals surface area (Å²) < 4.78 is 0. The van der Waals surface area contributed by atoms with E-state index in [-0.39, 0.29) is 6.04 Å². The first-order valence-corrected chi connectivity index (χ1v) is 7.79. The van der Waals surface area contributed by atoms with Gasteiger partial charge < -0.3 is 5.32 Å². The molecule has 1 heterocycles. The van der Waals surface area contributed by atoms with Gasteiger partial charge in [-0.05, 0) is 31.0 Å². The molecule has 1 unspecified atom stereocenters. The Labute approximate surface area is 127 Å². The zero-order chi connectivity index (χ0) is 13.8. The molecule has 0 saturated carbocycles. The number of aromatic nitrogens is 1. The number of aryl methyl sites for hydroxylation is 1. The third-order valence-electron chi connectivity index (χ3n) is 2.92. The van der Waals surface area contributed by atoms with Crippen LogP contribution in [0.3, 0.4) is 0 Å². The van der Waals surface area contributed by atoms with Gasteiger partial charge in [-0.25, -0.2) is 4.98 Å². The molecule has 0 aliphatic carbocycles. The largest absolute Gasteiger partial charge is 0.305 e. The van der Waals surface area contributed by atoms with E-state index >= 15 is 0 Å². The number of nitrogens with zero attached hydrogens (tertiary/aromatic N) is 1. The Morgan fingerprint density at radius 1 is 1.37 bits per heavy atom. The second-order valence-electron chi connectivity index (χ2n) is 4.34. The minimum atomic E-state index is 0.178. The summed E-state index contributed by atoms with van der Waals surface area (Å²) in [7, 11) is 0. The number of hydrogen-bond donors (Lipinski definition) is 1. The van der Waals surface area contributed by atoms with Crippen LogP contribution in [-0.4, -0.2) is 4.98 Å². The summed E-state index contributed by atoms with van der Waals surface area (Å²) in [6.45, 7) is 5.01. The van der Waals surface area contributed by atoms with E-state index in [9.17, 15) is 0 Å². The average molecular weight is 315 g/mol. The lowest BCUT2D eigenvalue weighted by Gasteiger charge is -2.15. The SMILES string of the molecule is CCc1ncc(CNC(C)c2ccc(Cl)cc2Cl)s1. The van der Waals surface area contributed by atoms with Crippen LogP contribution in [0, 0.1) is 0 Å². The quantitative estimate of drug-likeness (QED) is 0.852. The third kappa shape index (κ3) is 3.93. The van der Waals surface area contributed by atoms with Gasteiger partial charge in [0.25, 0.3) is 0 Å². The molecule has 19 heavy (non-hydrogen) atoms. The van der Waals surface area contributed by atoms with Gasteiger partial charge in [-0.15, -0.1) is 11.3 Å². The average Bonchev–Trinajstić information content (AvgIpc) is 2.84. The molecular formula is C14H16Cl2N2S. The highest BCUT2D eigenvalue weighted by Gasteiger charge is 2.10. The Morgan fingerprint density at radius 3 is 2.79 bits per heavy atom. The van der Waals surface area contributed by atoms with Crippen molar-refractivity contribution in [2.45, 2.75) is 32.9 Å². The zero-order valence-electron chi connectivity index (χ0n) is 10.9.